The molecule has 0 aromatic heterocycles. The lowest BCUT2D eigenvalue weighted by molar-refractivity contribution is -0.116. The number of carbonyl (C=O) groups excluding carboxylic acids is 1. The van der Waals surface area contributed by atoms with E-state index in [0.29, 0.717) is 43.1 Å². The van der Waals surface area contributed by atoms with Crippen molar-refractivity contribution >= 4 is 17.3 Å². The molecule has 20 heavy (non-hydrogen) atoms. The number of ether oxygens (including phenoxy) is 1. The third kappa shape index (κ3) is 5.16. The van der Waals surface area contributed by atoms with E-state index in [9.17, 15) is 4.79 Å². The summed E-state index contributed by atoms with van der Waals surface area (Å²) >= 11 is 0. The monoisotopic (exact) mass is 276 g/mol. The Morgan fingerprint density at radius 2 is 2.25 bits per heavy atom. The maximum Gasteiger partial charge on any atom is 0.225 e. The molecule has 0 aliphatic carbocycles. The van der Waals surface area contributed by atoms with Gasteiger partial charge in [-0.15, -0.1) is 0 Å². The summed E-state index contributed by atoms with van der Waals surface area (Å²) in [6, 6.07) is 7.19. The van der Waals surface area contributed by atoms with E-state index in [1.165, 1.54) is 0 Å². The van der Waals surface area contributed by atoms with Gasteiger partial charge in [0.25, 0.3) is 0 Å². The van der Waals surface area contributed by atoms with Crippen LogP contribution in [0.25, 0.3) is 0 Å². The first kappa shape index (κ1) is 15.8. The molecule has 0 unspecified atom stereocenters. The quantitative estimate of drug-likeness (QED) is 0.735. The Kier molecular flexibility index (Phi) is 6.33. The molecule has 0 heterocycles. The van der Waals surface area contributed by atoms with Gasteiger partial charge in [-0.1, -0.05) is 0 Å². The van der Waals surface area contributed by atoms with Crippen LogP contribution in [0.2, 0.25) is 0 Å². The van der Waals surface area contributed by atoms with Crippen LogP contribution in [0.4, 0.5) is 11.4 Å². The molecule has 6 nitrogen and oxygen atoms in total. The molecule has 6 heteroatoms. The summed E-state index contributed by atoms with van der Waals surface area (Å²) < 4.78 is 5.05. The van der Waals surface area contributed by atoms with Gasteiger partial charge >= 0.3 is 0 Å². The molecule has 1 rings (SSSR count). The summed E-state index contributed by atoms with van der Waals surface area (Å²) in [5.74, 6) is 0.544. The first-order valence-corrected chi connectivity index (χ1v) is 6.35. The van der Waals surface area contributed by atoms with Gasteiger partial charge in [-0.25, -0.2) is 0 Å². The Hall–Kier alpha value is -2.26. The van der Waals surface area contributed by atoms with Gasteiger partial charge in [-0.05, 0) is 19.2 Å². The number of anilines is 2. The lowest BCUT2D eigenvalue weighted by atomic mass is 10.2. The Labute approximate surface area is 119 Å². The lowest BCUT2D eigenvalue weighted by Crippen LogP contribution is -2.25. The summed E-state index contributed by atoms with van der Waals surface area (Å²) in [6.45, 7) is 1.26. The van der Waals surface area contributed by atoms with Crippen molar-refractivity contribution in [1.82, 2.24) is 4.90 Å². The Bertz CT molecular complexity index is 496. The van der Waals surface area contributed by atoms with Crippen molar-refractivity contribution in [1.29, 1.82) is 5.26 Å². The minimum absolute atomic E-state index is 0.106. The standard InChI is InChI=1S/C14H20N4O2/c1-18(8-3-7-15)9-6-14(19)17-13-5-4-11(20-2)10-12(13)16/h4-5,10H,3,6,8-9,16H2,1-2H3,(H,17,19). The molecule has 0 saturated carbocycles. The van der Waals surface area contributed by atoms with Gasteiger partial charge < -0.3 is 20.7 Å². The van der Waals surface area contributed by atoms with Crippen LogP contribution in [-0.2, 0) is 4.79 Å². The SMILES string of the molecule is COc1ccc(NC(=O)CCN(C)CCC#N)c(N)c1. The van der Waals surface area contributed by atoms with E-state index in [2.05, 4.69) is 11.4 Å². The number of hydrogen-bond acceptors (Lipinski definition) is 5. The van der Waals surface area contributed by atoms with E-state index >= 15 is 0 Å². The van der Waals surface area contributed by atoms with Crippen LogP contribution < -0.4 is 15.8 Å². The molecule has 0 aliphatic heterocycles. The molecule has 0 aliphatic rings. The van der Waals surface area contributed by atoms with Crippen molar-refractivity contribution in [2.45, 2.75) is 12.8 Å². The Balaban J connectivity index is 2.44. The molecule has 0 atom stereocenters. The number of nitriles is 1. The van der Waals surface area contributed by atoms with Gasteiger partial charge in [0.2, 0.25) is 5.91 Å². The highest BCUT2D eigenvalue weighted by Gasteiger charge is 2.07. The molecule has 0 spiro atoms. The summed E-state index contributed by atoms with van der Waals surface area (Å²) in [5.41, 5.74) is 6.87. The van der Waals surface area contributed by atoms with Gasteiger partial charge in [-0.2, -0.15) is 5.26 Å². The summed E-state index contributed by atoms with van der Waals surface area (Å²) in [6.07, 6.45) is 0.816. The van der Waals surface area contributed by atoms with E-state index < -0.39 is 0 Å². The summed E-state index contributed by atoms with van der Waals surface area (Å²) in [4.78, 5) is 13.8. The van der Waals surface area contributed by atoms with Crippen LogP contribution in [0.1, 0.15) is 12.8 Å². The van der Waals surface area contributed by atoms with Crippen molar-refractivity contribution in [3.63, 3.8) is 0 Å². The molecule has 0 saturated heterocycles. The van der Waals surface area contributed by atoms with Gasteiger partial charge in [0, 0.05) is 32.0 Å². The van der Waals surface area contributed by atoms with Crippen LogP contribution in [0.15, 0.2) is 18.2 Å². The van der Waals surface area contributed by atoms with Gasteiger partial charge in [0.1, 0.15) is 5.75 Å². The molecule has 108 valence electrons. The molecule has 1 aromatic carbocycles. The number of nitrogens with two attached hydrogens (primary N) is 1. The normalized spacial score (nSPS) is 10.1. The van der Waals surface area contributed by atoms with Crippen molar-refractivity contribution in [3.8, 4) is 11.8 Å². The zero-order chi connectivity index (χ0) is 15.0. The zero-order valence-corrected chi connectivity index (χ0v) is 11.8. The van der Waals surface area contributed by atoms with Crippen LogP contribution in [0.5, 0.6) is 5.75 Å². The van der Waals surface area contributed by atoms with Crippen molar-refractivity contribution in [2.24, 2.45) is 0 Å². The first-order chi connectivity index (χ1) is 9.56. The third-order valence-corrected chi connectivity index (χ3v) is 2.86. The maximum absolute atomic E-state index is 11.8. The number of amides is 1. The first-order valence-electron chi connectivity index (χ1n) is 6.35. The van der Waals surface area contributed by atoms with Crippen molar-refractivity contribution < 1.29 is 9.53 Å². The van der Waals surface area contributed by atoms with Crippen LogP contribution in [0.3, 0.4) is 0 Å². The van der Waals surface area contributed by atoms with Crippen LogP contribution in [0, 0.1) is 11.3 Å². The van der Waals surface area contributed by atoms with E-state index in [-0.39, 0.29) is 5.91 Å². The average Bonchev–Trinajstić information content (AvgIpc) is 2.45. The Morgan fingerprint density at radius 3 is 2.85 bits per heavy atom. The van der Waals surface area contributed by atoms with Gasteiger partial charge in [-0.3, -0.25) is 4.79 Å². The molecular formula is C14H20N4O2. The molecule has 1 amide bonds. The van der Waals surface area contributed by atoms with E-state index in [4.69, 9.17) is 15.7 Å². The second-order valence-corrected chi connectivity index (χ2v) is 4.46. The fourth-order valence-corrected chi connectivity index (χ4v) is 1.64. The largest absolute Gasteiger partial charge is 0.497 e. The molecule has 0 bridgehead atoms. The maximum atomic E-state index is 11.8. The average molecular weight is 276 g/mol. The number of hydrogen-bond donors (Lipinski definition) is 2. The van der Waals surface area contributed by atoms with Gasteiger partial charge in [0.15, 0.2) is 0 Å². The summed E-state index contributed by atoms with van der Waals surface area (Å²) in [5, 5.41) is 11.2. The smallest absolute Gasteiger partial charge is 0.225 e. The third-order valence-electron chi connectivity index (χ3n) is 2.86. The fourth-order valence-electron chi connectivity index (χ4n) is 1.64. The molecule has 1 aromatic rings. The van der Waals surface area contributed by atoms with Crippen molar-refractivity contribution in [2.75, 3.05) is 38.3 Å². The molecular weight excluding hydrogens is 256 g/mol. The second-order valence-electron chi connectivity index (χ2n) is 4.46. The number of nitrogens with one attached hydrogen (secondary N) is 1. The number of nitrogens with zero attached hydrogens (tertiary/aromatic N) is 2. The van der Waals surface area contributed by atoms with E-state index in [0.717, 1.165) is 0 Å². The molecule has 3 N–H and O–H groups in total. The number of rotatable bonds is 7. The second kappa shape index (κ2) is 8.02. The predicted octanol–water partition coefficient (Wildman–Crippen LogP) is 1.45. The predicted molar refractivity (Wildman–Crippen MR) is 78.4 cm³/mol. The highest BCUT2D eigenvalue weighted by atomic mass is 16.5. The molecule has 0 radical (unpaired) electrons. The van der Waals surface area contributed by atoms with Crippen LogP contribution >= 0.6 is 0 Å². The van der Waals surface area contributed by atoms with Crippen molar-refractivity contribution in [3.05, 3.63) is 18.2 Å². The number of methoxy groups -OCH3 is 1. The minimum Gasteiger partial charge on any atom is -0.497 e. The molecule has 0 fully saturated rings. The topological polar surface area (TPSA) is 91.4 Å². The van der Waals surface area contributed by atoms with E-state index in [1.807, 2.05) is 11.9 Å². The Morgan fingerprint density at radius 1 is 1.50 bits per heavy atom. The fraction of sp³-hybridized carbons (Fsp3) is 0.429. The number of nitrogen functional groups attached to an aromatic ring is 1. The highest BCUT2D eigenvalue weighted by molar-refractivity contribution is 5.94. The van der Waals surface area contributed by atoms with E-state index in [1.54, 1.807) is 25.3 Å². The highest BCUT2D eigenvalue weighted by Crippen LogP contribution is 2.24. The van der Waals surface area contributed by atoms with Gasteiger partial charge in [0.05, 0.1) is 24.6 Å². The number of benzene rings is 1. The van der Waals surface area contributed by atoms with Crippen LogP contribution in [-0.4, -0.2) is 38.1 Å². The zero-order valence-electron chi connectivity index (χ0n) is 11.8. The summed E-state index contributed by atoms with van der Waals surface area (Å²) in [7, 11) is 3.44. The lowest BCUT2D eigenvalue weighted by Gasteiger charge is -2.15. The number of carbonyl (C=O) groups is 1. The minimum atomic E-state index is -0.106.